The fourth-order valence-electron chi connectivity index (χ4n) is 2.94. The van der Waals surface area contributed by atoms with Gasteiger partial charge in [-0.25, -0.2) is 4.79 Å². The molecule has 0 aliphatic rings. The summed E-state index contributed by atoms with van der Waals surface area (Å²) in [5, 5.41) is 0. The van der Waals surface area contributed by atoms with Crippen molar-refractivity contribution in [3.05, 3.63) is 33.4 Å². The minimum atomic E-state index is -0.447. The van der Waals surface area contributed by atoms with Crippen LogP contribution in [0.25, 0.3) is 0 Å². The van der Waals surface area contributed by atoms with E-state index in [0.717, 1.165) is 27.8 Å². The SMILES string of the molecule is COCc1c(COC)c(COC)c(C(=O)OC)c(COC)c1COC. The molecule has 7 nitrogen and oxygen atoms in total. The van der Waals surface area contributed by atoms with Gasteiger partial charge in [-0.2, -0.15) is 0 Å². The highest BCUT2D eigenvalue weighted by Gasteiger charge is 2.27. The maximum atomic E-state index is 12.5. The molecule has 0 unspecified atom stereocenters. The molecule has 0 amide bonds. The van der Waals surface area contributed by atoms with E-state index in [0.29, 0.717) is 25.4 Å². The van der Waals surface area contributed by atoms with Gasteiger partial charge in [-0.1, -0.05) is 0 Å². The number of rotatable bonds is 11. The molecule has 1 aromatic rings. The number of ether oxygens (including phenoxy) is 6. The third-order valence-corrected chi connectivity index (χ3v) is 3.89. The van der Waals surface area contributed by atoms with Gasteiger partial charge >= 0.3 is 5.97 Å². The maximum absolute atomic E-state index is 12.5. The first-order valence-electron chi connectivity index (χ1n) is 7.82. The lowest BCUT2D eigenvalue weighted by atomic mass is 9.87. The molecule has 0 aliphatic carbocycles. The molecule has 0 saturated carbocycles. The molecule has 1 aromatic carbocycles. The van der Waals surface area contributed by atoms with Crippen molar-refractivity contribution >= 4 is 5.97 Å². The molecule has 0 saturated heterocycles. The van der Waals surface area contributed by atoms with Crippen LogP contribution in [0.3, 0.4) is 0 Å². The highest BCUT2D eigenvalue weighted by Crippen LogP contribution is 2.32. The Bertz CT molecular complexity index is 532. The van der Waals surface area contributed by atoms with E-state index in [1.165, 1.54) is 7.11 Å². The Labute approximate surface area is 149 Å². The standard InChI is InChI=1S/C18H28O7/c1-20-7-12-13(8-21-2)15(10-23-4)17(18(19)25-6)16(11-24-5)14(12)9-22-3/h7-11H2,1-6H3. The van der Waals surface area contributed by atoms with E-state index in [9.17, 15) is 4.79 Å². The van der Waals surface area contributed by atoms with Gasteiger partial charge in [0.1, 0.15) is 0 Å². The van der Waals surface area contributed by atoms with E-state index < -0.39 is 5.97 Å². The Balaban J connectivity index is 3.89. The third kappa shape index (κ3) is 4.99. The van der Waals surface area contributed by atoms with Crippen molar-refractivity contribution in [2.75, 3.05) is 42.7 Å². The molecule has 0 bridgehead atoms. The van der Waals surface area contributed by atoms with Gasteiger partial charge in [-0.3, -0.25) is 0 Å². The van der Waals surface area contributed by atoms with Crippen LogP contribution in [0.5, 0.6) is 0 Å². The third-order valence-electron chi connectivity index (χ3n) is 3.89. The monoisotopic (exact) mass is 356 g/mol. The minimum Gasteiger partial charge on any atom is -0.465 e. The minimum absolute atomic E-state index is 0.240. The normalized spacial score (nSPS) is 11.0. The van der Waals surface area contributed by atoms with Crippen molar-refractivity contribution in [3.63, 3.8) is 0 Å². The number of carbonyl (C=O) groups is 1. The maximum Gasteiger partial charge on any atom is 0.338 e. The average Bonchev–Trinajstić information content (AvgIpc) is 2.61. The van der Waals surface area contributed by atoms with E-state index in [-0.39, 0.29) is 13.2 Å². The molecule has 0 atom stereocenters. The summed E-state index contributed by atoms with van der Waals surface area (Å²) in [6, 6.07) is 0. The van der Waals surface area contributed by atoms with Crippen LogP contribution >= 0.6 is 0 Å². The largest absolute Gasteiger partial charge is 0.465 e. The molecule has 25 heavy (non-hydrogen) atoms. The van der Waals surface area contributed by atoms with Gasteiger partial charge in [0.25, 0.3) is 0 Å². The first-order valence-corrected chi connectivity index (χ1v) is 7.82. The lowest BCUT2D eigenvalue weighted by Gasteiger charge is -2.25. The average molecular weight is 356 g/mol. The molecule has 0 N–H and O–H groups in total. The summed E-state index contributed by atoms with van der Waals surface area (Å²) in [5.41, 5.74) is 4.48. The smallest absolute Gasteiger partial charge is 0.338 e. The van der Waals surface area contributed by atoms with Crippen LogP contribution in [0.4, 0.5) is 0 Å². The van der Waals surface area contributed by atoms with E-state index in [1.807, 2.05) is 0 Å². The molecular weight excluding hydrogens is 328 g/mol. The highest BCUT2D eigenvalue weighted by atomic mass is 16.5. The number of hydrogen-bond acceptors (Lipinski definition) is 7. The predicted molar refractivity (Wildman–Crippen MR) is 91.3 cm³/mol. The van der Waals surface area contributed by atoms with Crippen LogP contribution in [-0.2, 0) is 61.5 Å². The van der Waals surface area contributed by atoms with Gasteiger partial charge in [-0.05, 0) is 27.8 Å². The molecule has 1 rings (SSSR count). The van der Waals surface area contributed by atoms with Crippen LogP contribution in [0.1, 0.15) is 38.2 Å². The Morgan fingerprint density at radius 3 is 1.12 bits per heavy atom. The molecule has 0 fully saturated rings. The topological polar surface area (TPSA) is 72.5 Å². The zero-order valence-corrected chi connectivity index (χ0v) is 15.9. The zero-order valence-electron chi connectivity index (χ0n) is 15.9. The van der Waals surface area contributed by atoms with Crippen LogP contribution in [0.15, 0.2) is 0 Å². The zero-order chi connectivity index (χ0) is 18.8. The van der Waals surface area contributed by atoms with Crippen molar-refractivity contribution < 1.29 is 33.2 Å². The van der Waals surface area contributed by atoms with Gasteiger partial charge in [0.2, 0.25) is 0 Å². The molecule has 0 aromatic heterocycles. The number of hydrogen-bond donors (Lipinski definition) is 0. The van der Waals surface area contributed by atoms with Crippen molar-refractivity contribution in [2.45, 2.75) is 33.0 Å². The molecule has 0 aliphatic heterocycles. The number of carbonyl (C=O) groups excluding carboxylic acids is 1. The predicted octanol–water partition coefficient (Wildman–Crippen LogP) is 2.21. The van der Waals surface area contributed by atoms with Crippen molar-refractivity contribution in [1.29, 1.82) is 0 Å². The van der Waals surface area contributed by atoms with Crippen LogP contribution in [-0.4, -0.2) is 48.6 Å². The molecule has 7 heteroatoms. The first-order chi connectivity index (χ1) is 12.1. The molecule has 0 radical (unpaired) electrons. The summed E-state index contributed by atoms with van der Waals surface area (Å²) in [4.78, 5) is 12.5. The van der Waals surface area contributed by atoms with E-state index in [4.69, 9.17) is 28.4 Å². The summed E-state index contributed by atoms with van der Waals surface area (Å²) in [6.45, 7) is 1.45. The van der Waals surface area contributed by atoms with E-state index in [2.05, 4.69) is 0 Å². The van der Waals surface area contributed by atoms with E-state index >= 15 is 0 Å². The van der Waals surface area contributed by atoms with Crippen LogP contribution in [0, 0.1) is 0 Å². The first kappa shape index (κ1) is 21.5. The Morgan fingerprint density at radius 2 is 0.840 bits per heavy atom. The summed E-state index contributed by atoms with van der Waals surface area (Å²) < 4.78 is 31.8. The quantitative estimate of drug-likeness (QED) is 0.563. The summed E-state index contributed by atoms with van der Waals surface area (Å²) >= 11 is 0. The van der Waals surface area contributed by atoms with Gasteiger partial charge in [0, 0.05) is 35.5 Å². The Kier molecular flexibility index (Phi) is 9.62. The van der Waals surface area contributed by atoms with Crippen LogP contribution in [0.2, 0.25) is 0 Å². The van der Waals surface area contributed by atoms with Gasteiger partial charge in [-0.15, -0.1) is 0 Å². The summed E-state index contributed by atoms with van der Waals surface area (Å²) in [5.74, 6) is -0.447. The number of esters is 1. The van der Waals surface area contributed by atoms with Crippen molar-refractivity contribution in [1.82, 2.24) is 0 Å². The Morgan fingerprint density at radius 1 is 0.560 bits per heavy atom. The van der Waals surface area contributed by atoms with E-state index in [1.54, 1.807) is 35.5 Å². The lowest BCUT2D eigenvalue weighted by Crippen LogP contribution is -2.20. The fourth-order valence-corrected chi connectivity index (χ4v) is 2.94. The van der Waals surface area contributed by atoms with Crippen LogP contribution < -0.4 is 0 Å². The number of benzene rings is 1. The Hall–Kier alpha value is -1.51. The summed E-state index contributed by atoms with van der Waals surface area (Å²) in [6.07, 6.45) is 0. The van der Waals surface area contributed by atoms with Gasteiger partial charge in [0.05, 0.1) is 45.7 Å². The lowest BCUT2D eigenvalue weighted by molar-refractivity contribution is 0.0588. The van der Waals surface area contributed by atoms with Gasteiger partial charge in [0.15, 0.2) is 0 Å². The molecule has 142 valence electrons. The van der Waals surface area contributed by atoms with Crippen molar-refractivity contribution in [2.24, 2.45) is 0 Å². The second-order valence-corrected chi connectivity index (χ2v) is 5.42. The summed E-state index contributed by atoms with van der Waals surface area (Å²) in [7, 11) is 9.32. The van der Waals surface area contributed by atoms with Gasteiger partial charge < -0.3 is 28.4 Å². The molecular formula is C18H28O7. The second kappa shape index (κ2) is 11.2. The number of methoxy groups -OCH3 is 6. The highest BCUT2D eigenvalue weighted by molar-refractivity contribution is 5.94. The fraction of sp³-hybridized carbons (Fsp3) is 0.611. The molecule has 0 heterocycles. The molecule has 0 spiro atoms. The van der Waals surface area contributed by atoms with Crippen molar-refractivity contribution in [3.8, 4) is 0 Å². The second-order valence-electron chi connectivity index (χ2n) is 5.42.